The van der Waals surface area contributed by atoms with E-state index in [9.17, 15) is 0 Å². The van der Waals surface area contributed by atoms with Gasteiger partial charge in [0.2, 0.25) is 0 Å². The van der Waals surface area contributed by atoms with Gasteiger partial charge in [0.25, 0.3) is 0 Å². The lowest BCUT2D eigenvalue weighted by Gasteiger charge is -2.30. The molecule has 0 aliphatic carbocycles. The first-order valence-corrected chi connectivity index (χ1v) is 10.1. The second-order valence-electron chi connectivity index (χ2n) is 6.93. The molecule has 0 N–H and O–H groups in total. The summed E-state index contributed by atoms with van der Waals surface area (Å²) in [5.41, 5.74) is 3.16. The van der Waals surface area contributed by atoms with Crippen LogP contribution >= 0.6 is 11.3 Å². The monoisotopic (exact) mass is 376 g/mol. The summed E-state index contributed by atoms with van der Waals surface area (Å²) in [6.45, 7) is 3.04. The number of aromatic nitrogens is 5. The van der Waals surface area contributed by atoms with E-state index >= 15 is 0 Å². The van der Waals surface area contributed by atoms with E-state index in [2.05, 4.69) is 27.1 Å². The highest BCUT2D eigenvalue weighted by Gasteiger charge is 2.25. The van der Waals surface area contributed by atoms with Crippen molar-refractivity contribution in [3.8, 4) is 11.1 Å². The second-order valence-corrected chi connectivity index (χ2v) is 7.91. The molecule has 0 radical (unpaired) electrons. The van der Waals surface area contributed by atoms with Crippen LogP contribution in [0.1, 0.15) is 29.6 Å². The quantitative estimate of drug-likeness (QED) is 0.544. The molecule has 6 nitrogen and oxygen atoms in total. The van der Waals surface area contributed by atoms with Crippen LogP contribution in [-0.2, 0) is 6.54 Å². The highest BCUT2D eigenvalue weighted by molar-refractivity contribution is 7.09. The molecular weight excluding hydrogens is 356 g/mol. The second kappa shape index (κ2) is 7.17. The molecule has 1 saturated heterocycles. The number of hydrogen-bond acceptors (Lipinski definition) is 6. The van der Waals surface area contributed by atoms with E-state index in [0.717, 1.165) is 48.7 Å². The van der Waals surface area contributed by atoms with Crippen LogP contribution in [-0.4, -0.2) is 42.6 Å². The van der Waals surface area contributed by atoms with Crippen molar-refractivity contribution in [2.45, 2.75) is 25.3 Å². The van der Waals surface area contributed by atoms with Crippen LogP contribution in [0.4, 0.5) is 0 Å². The van der Waals surface area contributed by atoms with Crippen LogP contribution in [0.3, 0.4) is 0 Å². The topological polar surface area (TPSA) is 59.2 Å². The SMILES string of the molecule is c1cc(-c2ccc3nc(C4CCCN(Cc5nccs5)C4)nn3c2)ccn1. The van der Waals surface area contributed by atoms with Gasteiger partial charge in [0, 0.05) is 48.2 Å². The fraction of sp³-hybridized carbons (Fsp3) is 0.300. The lowest BCUT2D eigenvalue weighted by molar-refractivity contribution is 0.196. The maximum atomic E-state index is 4.80. The van der Waals surface area contributed by atoms with Crippen molar-refractivity contribution < 1.29 is 0 Å². The van der Waals surface area contributed by atoms with Gasteiger partial charge in [-0.15, -0.1) is 11.3 Å². The summed E-state index contributed by atoms with van der Waals surface area (Å²) in [6.07, 6.45) is 9.87. The van der Waals surface area contributed by atoms with Crippen molar-refractivity contribution in [1.82, 2.24) is 29.5 Å². The Balaban J connectivity index is 1.38. The number of likely N-dealkylation sites (tertiary alicyclic amines) is 1. The van der Waals surface area contributed by atoms with E-state index in [0.29, 0.717) is 5.92 Å². The molecule has 0 bridgehead atoms. The highest BCUT2D eigenvalue weighted by atomic mass is 32.1. The van der Waals surface area contributed by atoms with Gasteiger partial charge in [0.05, 0.1) is 6.54 Å². The van der Waals surface area contributed by atoms with E-state index in [1.807, 2.05) is 46.7 Å². The van der Waals surface area contributed by atoms with Crippen molar-refractivity contribution in [1.29, 1.82) is 0 Å². The van der Waals surface area contributed by atoms with Gasteiger partial charge in [-0.25, -0.2) is 14.5 Å². The van der Waals surface area contributed by atoms with Crippen molar-refractivity contribution >= 4 is 17.0 Å². The average molecular weight is 376 g/mol. The van der Waals surface area contributed by atoms with Crippen LogP contribution in [0.15, 0.2) is 54.4 Å². The van der Waals surface area contributed by atoms with Gasteiger partial charge in [0.1, 0.15) is 5.01 Å². The number of piperidine rings is 1. The molecule has 4 aromatic heterocycles. The molecule has 5 rings (SSSR count). The number of hydrogen-bond donors (Lipinski definition) is 0. The summed E-state index contributed by atoms with van der Waals surface area (Å²) in [6, 6.07) is 8.16. The van der Waals surface area contributed by atoms with Crippen LogP contribution in [0.2, 0.25) is 0 Å². The van der Waals surface area contributed by atoms with Gasteiger partial charge >= 0.3 is 0 Å². The minimum Gasteiger partial charge on any atom is -0.296 e. The largest absolute Gasteiger partial charge is 0.296 e. The highest BCUT2D eigenvalue weighted by Crippen LogP contribution is 2.27. The first kappa shape index (κ1) is 16.5. The third-order valence-electron chi connectivity index (χ3n) is 5.07. The average Bonchev–Trinajstić information content (AvgIpc) is 3.38. The number of pyridine rings is 2. The molecule has 5 heterocycles. The van der Waals surface area contributed by atoms with Crippen LogP contribution in [0, 0.1) is 0 Å². The molecular formula is C20H20N6S. The van der Waals surface area contributed by atoms with E-state index in [1.165, 1.54) is 11.4 Å². The van der Waals surface area contributed by atoms with Crippen molar-refractivity contribution in [2.24, 2.45) is 0 Å². The molecule has 1 fully saturated rings. The number of fused-ring (bicyclic) bond motifs is 1. The van der Waals surface area contributed by atoms with Gasteiger partial charge in [-0.2, -0.15) is 5.10 Å². The van der Waals surface area contributed by atoms with Crippen LogP contribution in [0.5, 0.6) is 0 Å². The lowest BCUT2D eigenvalue weighted by atomic mass is 9.97. The molecule has 0 saturated carbocycles. The van der Waals surface area contributed by atoms with E-state index in [1.54, 1.807) is 11.3 Å². The van der Waals surface area contributed by atoms with Crippen molar-refractivity contribution in [3.05, 3.63) is 65.3 Å². The number of nitrogens with zero attached hydrogens (tertiary/aromatic N) is 6. The lowest BCUT2D eigenvalue weighted by Crippen LogP contribution is -2.34. The third kappa shape index (κ3) is 3.48. The Morgan fingerprint density at radius 3 is 2.85 bits per heavy atom. The van der Waals surface area contributed by atoms with Crippen LogP contribution < -0.4 is 0 Å². The zero-order chi connectivity index (χ0) is 18.1. The Labute approximate surface area is 161 Å². The molecule has 0 amide bonds. The summed E-state index contributed by atoms with van der Waals surface area (Å²) < 4.78 is 1.91. The summed E-state index contributed by atoms with van der Waals surface area (Å²) in [4.78, 5) is 15.8. The first-order valence-electron chi connectivity index (χ1n) is 9.22. The van der Waals surface area contributed by atoms with Gasteiger partial charge in [-0.05, 0) is 49.2 Å². The molecule has 136 valence electrons. The van der Waals surface area contributed by atoms with E-state index in [-0.39, 0.29) is 0 Å². The van der Waals surface area contributed by atoms with Gasteiger partial charge in [-0.1, -0.05) is 0 Å². The predicted molar refractivity (Wildman–Crippen MR) is 106 cm³/mol. The summed E-state index contributed by atoms with van der Waals surface area (Å²) in [7, 11) is 0. The Morgan fingerprint density at radius 2 is 2.00 bits per heavy atom. The smallest absolute Gasteiger partial charge is 0.156 e. The van der Waals surface area contributed by atoms with Gasteiger partial charge in [-0.3, -0.25) is 9.88 Å². The summed E-state index contributed by atoms with van der Waals surface area (Å²) >= 11 is 1.72. The third-order valence-corrected chi connectivity index (χ3v) is 5.84. The fourth-order valence-electron chi connectivity index (χ4n) is 3.72. The molecule has 1 unspecified atom stereocenters. The Bertz CT molecular complexity index is 1030. The molecule has 7 heteroatoms. The van der Waals surface area contributed by atoms with Gasteiger partial charge in [0.15, 0.2) is 11.5 Å². The summed E-state index contributed by atoms with van der Waals surface area (Å²) in [5.74, 6) is 1.33. The first-order chi connectivity index (χ1) is 13.3. The van der Waals surface area contributed by atoms with E-state index < -0.39 is 0 Å². The molecule has 27 heavy (non-hydrogen) atoms. The zero-order valence-electron chi connectivity index (χ0n) is 14.9. The van der Waals surface area contributed by atoms with Gasteiger partial charge < -0.3 is 0 Å². The zero-order valence-corrected chi connectivity index (χ0v) is 15.7. The Hall–Kier alpha value is -2.64. The maximum Gasteiger partial charge on any atom is 0.156 e. The molecule has 0 spiro atoms. The molecule has 4 aromatic rings. The maximum absolute atomic E-state index is 4.80. The minimum atomic E-state index is 0.378. The molecule has 1 aliphatic heterocycles. The van der Waals surface area contributed by atoms with Crippen LogP contribution in [0.25, 0.3) is 16.8 Å². The molecule has 0 aromatic carbocycles. The van der Waals surface area contributed by atoms with E-state index in [4.69, 9.17) is 10.1 Å². The predicted octanol–water partition coefficient (Wildman–Crippen LogP) is 3.63. The number of thiazole rings is 1. The fourth-order valence-corrected chi connectivity index (χ4v) is 4.38. The Morgan fingerprint density at radius 1 is 1.07 bits per heavy atom. The number of rotatable bonds is 4. The standard InChI is InChI=1S/C20H20N6S/c1-2-17(12-25(10-1)14-19-22-9-11-27-19)20-23-18-4-3-16(13-26(18)24-20)15-5-7-21-8-6-15/h3-9,11,13,17H,1-2,10,12,14H2. The minimum absolute atomic E-state index is 0.378. The Kier molecular flexibility index (Phi) is 4.39. The molecule has 1 aliphatic rings. The molecule has 1 atom stereocenters. The normalized spacial score (nSPS) is 18.1. The van der Waals surface area contributed by atoms with Crippen molar-refractivity contribution in [3.63, 3.8) is 0 Å². The van der Waals surface area contributed by atoms with Crippen molar-refractivity contribution in [2.75, 3.05) is 13.1 Å². The summed E-state index contributed by atoms with van der Waals surface area (Å²) in [5, 5.41) is 8.03.